The lowest BCUT2D eigenvalue weighted by atomic mass is 9.94. The van der Waals surface area contributed by atoms with Crippen LogP contribution in [0.5, 0.6) is 11.5 Å². The third kappa shape index (κ3) is 5.30. The first kappa shape index (κ1) is 24.8. The number of fused-ring (bicyclic) bond motifs is 1. The molecule has 1 saturated carbocycles. The van der Waals surface area contributed by atoms with Crippen LogP contribution in [0.3, 0.4) is 0 Å². The van der Waals surface area contributed by atoms with Gasteiger partial charge in [0.15, 0.2) is 11.5 Å². The summed E-state index contributed by atoms with van der Waals surface area (Å²) in [6, 6.07) is 11.7. The Labute approximate surface area is 215 Å². The lowest BCUT2D eigenvalue weighted by molar-refractivity contribution is -0.132. The zero-order valence-electron chi connectivity index (χ0n) is 21.0. The van der Waals surface area contributed by atoms with E-state index in [2.05, 4.69) is 10.4 Å². The fourth-order valence-corrected chi connectivity index (χ4v) is 5.14. The Balaban J connectivity index is 1.56. The van der Waals surface area contributed by atoms with E-state index < -0.39 is 23.9 Å². The fraction of sp³-hybridized carbons (Fsp3) is 0.393. The summed E-state index contributed by atoms with van der Waals surface area (Å²) in [5, 5.41) is 7.58. The van der Waals surface area contributed by atoms with Crippen LogP contribution in [0.2, 0.25) is 0 Å². The van der Waals surface area contributed by atoms with Gasteiger partial charge in [-0.2, -0.15) is 5.10 Å². The number of benzene rings is 2. The first-order chi connectivity index (χ1) is 17.9. The number of aryl methyl sites for hydroxylation is 2. The first-order valence-corrected chi connectivity index (χ1v) is 12.7. The zero-order valence-corrected chi connectivity index (χ0v) is 21.0. The van der Waals surface area contributed by atoms with E-state index in [0.717, 1.165) is 32.1 Å². The van der Waals surface area contributed by atoms with E-state index in [-0.39, 0.29) is 24.2 Å². The first-order valence-electron chi connectivity index (χ1n) is 12.7. The number of amides is 2. The summed E-state index contributed by atoms with van der Waals surface area (Å²) in [6.07, 6.45) is 5.70. The van der Waals surface area contributed by atoms with Gasteiger partial charge < -0.3 is 14.8 Å². The molecule has 1 aromatic heterocycles. The Morgan fingerprint density at radius 1 is 1.11 bits per heavy atom. The Hall–Kier alpha value is -3.88. The molecular weight excluding hydrogens is 475 g/mol. The summed E-state index contributed by atoms with van der Waals surface area (Å²) >= 11 is 0. The van der Waals surface area contributed by atoms with E-state index in [0.29, 0.717) is 22.8 Å². The maximum atomic E-state index is 14.4. The highest BCUT2D eigenvalue weighted by molar-refractivity contribution is 6.03. The minimum Gasteiger partial charge on any atom is -0.485 e. The van der Waals surface area contributed by atoms with Gasteiger partial charge in [-0.3, -0.25) is 19.2 Å². The van der Waals surface area contributed by atoms with E-state index in [9.17, 15) is 14.0 Å². The van der Waals surface area contributed by atoms with Crippen molar-refractivity contribution in [3.63, 3.8) is 0 Å². The molecule has 2 aliphatic rings. The van der Waals surface area contributed by atoms with Gasteiger partial charge in [0.25, 0.3) is 5.91 Å². The smallest absolute Gasteiger partial charge is 0.272 e. The number of ether oxygens (including phenoxy) is 2. The number of hydrogen-bond acceptors (Lipinski definition) is 5. The molecule has 0 spiro atoms. The largest absolute Gasteiger partial charge is 0.485 e. The maximum Gasteiger partial charge on any atom is 0.272 e. The molecule has 0 radical (unpaired) electrons. The normalized spacial score (nSPS) is 18.2. The van der Waals surface area contributed by atoms with E-state index >= 15 is 0 Å². The molecule has 1 aliphatic heterocycles. The summed E-state index contributed by atoms with van der Waals surface area (Å²) < 4.78 is 27.9. The summed E-state index contributed by atoms with van der Waals surface area (Å²) in [7, 11) is 1.76. The number of halogens is 1. The lowest BCUT2D eigenvalue weighted by Crippen LogP contribution is -2.52. The highest BCUT2D eigenvalue weighted by atomic mass is 19.1. The van der Waals surface area contributed by atoms with Crippen LogP contribution in [0, 0.1) is 12.7 Å². The molecule has 3 aromatic rings. The minimum atomic E-state index is -1.08. The number of carbonyl (C=O) groups is 2. The third-order valence-electron chi connectivity index (χ3n) is 6.91. The van der Waals surface area contributed by atoms with Crippen molar-refractivity contribution in [2.45, 2.75) is 57.2 Å². The van der Waals surface area contributed by atoms with Crippen LogP contribution < -0.4 is 19.7 Å². The molecule has 194 valence electrons. The van der Waals surface area contributed by atoms with Crippen LogP contribution in [0.1, 0.15) is 49.4 Å². The second-order valence-corrected chi connectivity index (χ2v) is 9.64. The second-order valence-electron chi connectivity index (χ2n) is 9.64. The molecule has 8 nitrogen and oxygen atoms in total. The van der Waals surface area contributed by atoms with Crippen molar-refractivity contribution in [1.29, 1.82) is 0 Å². The van der Waals surface area contributed by atoms with Crippen molar-refractivity contribution < 1.29 is 23.5 Å². The summed E-state index contributed by atoms with van der Waals surface area (Å²) in [5.74, 6) is -0.383. The molecule has 37 heavy (non-hydrogen) atoms. The Morgan fingerprint density at radius 2 is 1.86 bits per heavy atom. The Morgan fingerprint density at radius 3 is 2.57 bits per heavy atom. The molecule has 2 atom stereocenters. The fourth-order valence-electron chi connectivity index (χ4n) is 5.14. The van der Waals surface area contributed by atoms with Gasteiger partial charge in [0.2, 0.25) is 12.0 Å². The number of carbonyl (C=O) groups excluding carboxylic acids is 2. The number of aromatic nitrogens is 2. The van der Waals surface area contributed by atoms with E-state index in [1.165, 1.54) is 23.1 Å². The maximum absolute atomic E-state index is 14.4. The van der Waals surface area contributed by atoms with Crippen LogP contribution in [0.25, 0.3) is 0 Å². The summed E-state index contributed by atoms with van der Waals surface area (Å²) in [5.41, 5.74) is 1.41. The molecule has 2 amide bonds. The van der Waals surface area contributed by atoms with Gasteiger partial charge in [-0.15, -0.1) is 0 Å². The molecule has 1 fully saturated rings. The molecule has 1 aliphatic carbocycles. The van der Waals surface area contributed by atoms with E-state index in [1.54, 1.807) is 49.1 Å². The van der Waals surface area contributed by atoms with E-state index in [4.69, 9.17) is 9.47 Å². The van der Waals surface area contributed by atoms with Gasteiger partial charge in [-0.25, -0.2) is 4.39 Å². The van der Waals surface area contributed by atoms with Gasteiger partial charge in [0.05, 0.1) is 5.69 Å². The number of para-hydroxylation sites is 2. The highest BCUT2D eigenvalue weighted by Gasteiger charge is 2.41. The quantitative estimate of drug-likeness (QED) is 0.541. The summed E-state index contributed by atoms with van der Waals surface area (Å²) in [4.78, 5) is 29.4. The Kier molecular flexibility index (Phi) is 7.12. The van der Waals surface area contributed by atoms with Crippen molar-refractivity contribution in [1.82, 2.24) is 15.1 Å². The van der Waals surface area contributed by atoms with Crippen molar-refractivity contribution in [2.75, 3.05) is 11.5 Å². The van der Waals surface area contributed by atoms with Crippen LogP contribution in [-0.4, -0.2) is 40.3 Å². The van der Waals surface area contributed by atoms with Crippen molar-refractivity contribution in [3.8, 4) is 11.5 Å². The van der Waals surface area contributed by atoms with Gasteiger partial charge >= 0.3 is 0 Å². The van der Waals surface area contributed by atoms with Crippen LogP contribution >= 0.6 is 0 Å². The zero-order chi connectivity index (χ0) is 25.9. The van der Waals surface area contributed by atoms with E-state index in [1.807, 2.05) is 6.07 Å². The number of hydrogen-bond donors (Lipinski definition) is 1. The van der Waals surface area contributed by atoms with Crippen molar-refractivity contribution >= 4 is 17.5 Å². The van der Waals surface area contributed by atoms with Gasteiger partial charge in [-0.05, 0) is 50.1 Å². The molecule has 0 saturated heterocycles. The molecule has 2 unspecified atom stereocenters. The minimum absolute atomic E-state index is 0.0197. The van der Waals surface area contributed by atoms with Crippen molar-refractivity contribution in [3.05, 3.63) is 71.8 Å². The third-order valence-corrected chi connectivity index (χ3v) is 6.91. The van der Waals surface area contributed by atoms with Gasteiger partial charge in [0.1, 0.15) is 18.5 Å². The van der Waals surface area contributed by atoms with Gasteiger partial charge in [0, 0.05) is 30.5 Å². The van der Waals surface area contributed by atoms with Crippen LogP contribution in [0.15, 0.2) is 54.7 Å². The predicted octanol–water partition coefficient (Wildman–Crippen LogP) is 4.23. The molecule has 2 heterocycles. The number of rotatable bonds is 6. The molecule has 0 bridgehead atoms. The second kappa shape index (κ2) is 10.6. The standard InChI is InChI=1S/C28H31FN4O4/c1-18-22(16-32(2)31-18)26(27(34)30-20-10-4-3-5-11-20)33(21-12-8-9-19(29)15-21)28(35)25-17-36-23-13-6-7-14-24(23)37-25/h6-9,12-16,20,25-26H,3-5,10-11,17H2,1-2H3,(H,30,34). The monoisotopic (exact) mass is 506 g/mol. The number of nitrogens with zero attached hydrogens (tertiary/aromatic N) is 3. The molecule has 5 rings (SSSR count). The SMILES string of the molecule is Cc1nn(C)cc1C(C(=O)NC1CCCCC1)N(C(=O)C1COc2ccccc2O1)c1cccc(F)c1. The summed E-state index contributed by atoms with van der Waals surface area (Å²) in [6.45, 7) is 1.76. The number of nitrogens with one attached hydrogen (secondary N) is 1. The predicted molar refractivity (Wildman–Crippen MR) is 136 cm³/mol. The average molecular weight is 507 g/mol. The average Bonchev–Trinajstić information content (AvgIpc) is 3.24. The highest BCUT2D eigenvalue weighted by Crippen LogP contribution is 2.35. The molecule has 1 N–H and O–H groups in total. The molecular formula is C28H31FN4O4. The molecule has 9 heteroatoms. The van der Waals surface area contributed by atoms with Crippen LogP contribution in [0.4, 0.5) is 10.1 Å². The lowest BCUT2D eigenvalue weighted by Gasteiger charge is -2.36. The molecule has 2 aromatic carbocycles. The topological polar surface area (TPSA) is 85.7 Å². The van der Waals surface area contributed by atoms with Crippen LogP contribution in [-0.2, 0) is 16.6 Å². The van der Waals surface area contributed by atoms with Crippen molar-refractivity contribution in [2.24, 2.45) is 7.05 Å². The number of anilines is 1. The van der Waals surface area contributed by atoms with Gasteiger partial charge in [-0.1, -0.05) is 37.5 Å². The Bertz CT molecular complexity index is 1290.